The summed E-state index contributed by atoms with van der Waals surface area (Å²) >= 11 is 1.89. The molecule has 10 rings (SSSR count). The zero-order valence-corrected chi connectivity index (χ0v) is 28.1. The number of fused-ring (bicyclic) bond motifs is 6. The van der Waals surface area contributed by atoms with Gasteiger partial charge in [0.2, 0.25) is 0 Å². The third-order valence-corrected chi connectivity index (χ3v) is 11.3. The minimum absolute atomic E-state index is 1.18. The van der Waals surface area contributed by atoms with E-state index in [1.807, 2.05) is 11.3 Å². The van der Waals surface area contributed by atoms with E-state index < -0.39 is 0 Å². The molecule has 2 aromatic heterocycles. The lowest BCUT2D eigenvalue weighted by Crippen LogP contribution is -1.98. The Morgan fingerprint density at radius 1 is 0.320 bits per heavy atom. The SMILES string of the molecule is c1ccc(-c2ccc(-c3ccc4c(c3)c3ccccc3n4-c3ccccc3-c3ccccc3-c3cccc4c3sc3ccccc34)cc2)cc1. The van der Waals surface area contributed by atoms with Crippen LogP contribution in [-0.4, -0.2) is 4.57 Å². The molecule has 2 heteroatoms. The van der Waals surface area contributed by atoms with Gasteiger partial charge in [-0.3, -0.25) is 0 Å². The first-order valence-corrected chi connectivity index (χ1v) is 17.9. The smallest absolute Gasteiger partial charge is 0.0541 e. The molecule has 2 heterocycles. The van der Waals surface area contributed by atoms with E-state index in [0.29, 0.717) is 0 Å². The van der Waals surface area contributed by atoms with E-state index in [4.69, 9.17) is 0 Å². The van der Waals surface area contributed by atoms with Gasteiger partial charge >= 0.3 is 0 Å². The normalized spacial score (nSPS) is 11.6. The van der Waals surface area contributed by atoms with Crippen LogP contribution in [0.15, 0.2) is 188 Å². The van der Waals surface area contributed by atoms with Gasteiger partial charge in [-0.15, -0.1) is 11.3 Å². The highest BCUT2D eigenvalue weighted by Crippen LogP contribution is 2.45. The molecule has 0 aliphatic heterocycles. The number of aromatic nitrogens is 1. The van der Waals surface area contributed by atoms with Crippen molar-refractivity contribution in [1.82, 2.24) is 4.57 Å². The maximum Gasteiger partial charge on any atom is 0.0541 e. The van der Waals surface area contributed by atoms with Gasteiger partial charge in [-0.05, 0) is 63.7 Å². The van der Waals surface area contributed by atoms with E-state index in [2.05, 4.69) is 193 Å². The number of nitrogens with zero attached hydrogens (tertiary/aromatic N) is 1. The van der Waals surface area contributed by atoms with Crippen molar-refractivity contribution in [3.8, 4) is 50.2 Å². The van der Waals surface area contributed by atoms with Gasteiger partial charge in [0, 0.05) is 42.1 Å². The average Bonchev–Trinajstić information content (AvgIpc) is 3.74. The van der Waals surface area contributed by atoms with Crippen LogP contribution in [0.25, 0.3) is 92.2 Å². The molecule has 0 amide bonds. The first-order valence-electron chi connectivity index (χ1n) is 17.1. The Morgan fingerprint density at radius 2 is 0.860 bits per heavy atom. The Balaban J connectivity index is 1.14. The zero-order valence-electron chi connectivity index (χ0n) is 27.3. The van der Waals surface area contributed by atoms with Crippen molar-refractivity contribution in [3.63, 3.8) is 0 Å². The van der Waals surface area contributed by atoms with E-state index in [0.717, 1.165) is 0 Å². The van der Waals surface area contributed by atoms with Gasteiger partial charge in [0.1, 0.15) is 0 Å². The molecule has 0 saturated carbocycles. The molecule has 0 N–H and O–H groups in total. The second-order valence-electron chi connectivity index (χ2n) is 12.9. The number of thiophene rings is 1. The van der Waals surface area contributed by atoms with Gasteiger partial charge in [0.15, 0.2) is 0 Å². The van der Waals surface area contributed by atoms with Crippen molar-refractivity contribution < 1.29 is 0 Å². The quantitative estimate of drug-likeness (QED) is 0.174. The van der Waals surface area contributed by atoms with E-state index in [-0.39, 0.29) is 0 Å². The molecule has 0 fully saturated rings. The lowest BCUT2D eigenvalue weighted by atomic mass is 9.92. The molecule has 234 valence electrons. The Bertz CT molecular complexity index is 2850. The molecular weight excluding hydrogens is 623 g/mol. The van der Waals surface area contributed by atoms with Crippen molar-refractivity contribution in [1.29, 1.82) is 0 Å². The summed E-state index contributed by atoms with van der Waals surface area (Å²) in [6.07, 6.45) is 0. The minimum atomic E-state index is 1.18. The second-order valence-corrected chi connectivity index (χ2v) is 13.9. The van der Waals surface area contributed by atoms with Crippen LogP contribution in [-0.2, 0) is 0 Å². The average molecular weight is 654 g/mol. The zero-order chi connectivity index (χ0) is 33.0. The monoisotopic (exact) mass is 653 g/mol. The number of benzene rings is 8. The van der Waals surface area contributed by atoms with Crippen molar-refractivity contribution in [3.05, 3.63) is 188 Å². The van der Waals surface area contributed by atoms with Crippen molar-refractivity contribution in [2.75, 3.05) is 0 Å². The van der Waals surface area contributed by atoms with Gasteiger partial charge in [-0.2, -0.15) is 0 Å². The fourth-order valence-electron chi connectivity index (χ4n) is 7.71. The Labute approximate surface area is 295 Å². The standard InChI is InChI=1S/C48H31NS/c1-2-13-32(14-3-1)33-25-27-34(28-26-33)35-29-30-46-43(31-35)39-18-7-10-23-45(39)49(46)44-22-9-6-17-38(44)36-15-4-5-16-37(36)41-20-12-21-42-40-19-8-11-24-47(40)50-48(41)42/h1-31H. The summed E-state index contributed by atoms with van der Waals surface area (Å²) in [5, 5.41) is 5.15. The molecule has 0 unspecified atom stereocenters. The van der Waals surface area contributed by atoms with Gasteiger partial charge < -0.3 is 4.57 Å². The topological polar surface area (TPSA) is 4.93 Å². The molecule has 0 aliphatic carbocycles. The molecule has 0 atom stereocenters. The first-order chi connectivity index (χ1) is 24.8. The van der Waals surface area contributed by atoms with E-state index in [9.17, 15) is 0 Å². The second kappa shape index (κ2) is 11.7. The van der Waals surface area contributed by atoms with E-state index in [1.165, 1.54) is 92.2 Å². The maximum atomic E-state index is 2.46. The minimum Gasteiger partial charge on any atom is -0.309 e. The number of hydrogen-bond acceptors (Lipinski definition) is 1. The maximum absolute atomic E-state index is 2.46. The summed E-state index contributed by atoms with van der Waals surface area (Å²) in [5.41, 5.74) is 13.4. The molecule has 8 aromatic carbocycles. The van der Waals surface area contributed by atoms with Crippen LogP contribution in [0.3, 0.4) is 0 Å². The number of rotatable bonds is 5. The van der Waals surface area contributed by atoms with Gasteiger partial charge in [-0.25, -0.2) is 0 Å². The van der Waals surface area contributed by atoms with Crippen LogP contribution in [0.1, 0.15) is 0 Å². The lowest BCUT2D eigenvalue weighted by molar-refractivity contribution is 1.18. The number of para-hydroxylation sites is 2. The summed E-state index contributed by atoms with van der Waals surface area (Å²) in [6.45, 7) is 0. The lowest BCUT2D eigenvalue weighted by Gasteiger charge is -2.17. The highest BCUT2D eigenvalue weighted by molar-refractivity contribution is 7.26. The van der Waals surface area contributed by atoms with Gasteiger partial charge in [-0.1, -0.05) is 158 Å². The summed E-state index contributed by atoms with van der Waals surface area (Å²) in [6, 6.07) is 68.6. The van der Waals surface area contributed by atoms with E-state index >= 15 is 0 Å². The van der Waals surface area contributed by atoms with Crippen molar-refractivity contribution in [2.45, 2.75) is 0 Å². The predicted molar refractivity (Wildman–Crippen MR) is 215 cm³/mol. The molecule has 0 aliphatic rings. The molecule has 1 nitrogen and oxygen atoms in total. The highest BCUT2D eigenvalue weighted by atomic mass is 32.1. The van der Waals surface area contributed by atoms with Crippen molar-refractivity contribution in [2.24, 2.45) is 0 Å². The summed E-state index contributed by atoms with van der Waals surface area (Å²) in [5.74, 6) is 0. The third-order valence-electron chi connectivity index (χ3n) is 10.1. The molecule has 0 saturated heterocycles. The van der Waals surface area contributed by atoms with Crippen LogP contribution >= 0.6 is 11.3 Å². The Morgan fingerprint density at radius 3 is 1.68 bits per heavy atom. The largest absolute Gasteiger partial charge is 0.309 e. The molecule has 0 bridgehead atoms. The molecule has 50 heavy (non-hydrogen) atoms. The van der Waals surface area contributed by atoms with Gasteiger partial charge in [0.05, 0.1) is 16.7 Å². The Kier molecular flexibility index (Phi) is 6.75. The van der Waals surface area contributed by atoms with Crippen LogP contribution in [0.2, 0.25) is 0 Å². The Hall–Kier alpha value is -6.22. The van der Waals surface area contributed by atoms with E-state index in [1.54, 1.807) is 0 Å². The fourth-order valence-corrected chi connectivity index (χ4v) is 8.94. The van der Waals surface area contributed by atoms with Crippen LogP contribution in [0.4, 0.5) is 0 Å². The van der Waals surface area contributed by atoms with Crippen molar-refractivity contribution >= 4 is 53.3 Å². The first kappa shape index (κ1) is 28.8. The van der Waals surface area contributed by atoms with Crippen LogP contribution in [0, 0.1) is 0 Å². The highest BCUT2D eigenvalue weighted by Gasteiger charge is 2.19. The molecule has 0 radical (unpaired) electrons. The molecule has 0 spiro atoms. The summed E-state index contributed by atoms with van der Waals surface area (Å²) in [7, 11) is 0. The summed E-state index contributed by atoms with van der Waals surface area (Å²) < 4.78 is 5.11. The number of hydrogen-bond donors (Lipinski definition) is 0. The summed E-state index contributed by atoms with van der Waals surface area (Å²) in [4.78, 5) is 0. The molecule has 10 aromatic rings. The predicted octanol–water partition coefficient (Wildman–Crippen LogP) is 13.8. The molecular formula is C48H31NS. The van der Waals surface area contributed by atoms with Crippen LogP contribution in [0.5, 0.6) is 0 Å². The van der Waals surface area contributed by atoms with Crippen LogP contribution < -0.4 is 0 Å². The van der Waals surface area contributed by atoms with Gasteiger partial charge in [0.25, 0.3) is 0 Å². The third kappa shape index (κ3) is 4.61. The fraction of sp³-hybridized carbons (Fsp3) is 0.